The third kappa shape index (κ3) is 6.03. The van der Waals surface area contributed by atoms with E-state index in [-0.39, 0.29) is 0 Å². The Morgan fingerprint density at radius 2 is 2.14 bits per heavy atom. The van der Waals surface area contributed by atoms with E-state index in [1.165, 1.54) is 29.0 Å². The number of aliphatic carboxylic acids is 1. The zero-order valence-corrected chi connectivity index (χ0v) is 16.9. The number of fused-ring (bicyclic) bond motifs is 1. The Morgan fingerprint density at radius 1 is 1.41 bits per heavy atom. The molecule has 10 heteroatoms. The fourth-order valence-electron chi connectivity index (χ4n) is 3.32. The van der Waals surface area contributed by atoms with Crippen LogP contribution in [0.3, 0.4) is 0 Å². The molecule has 1 saturated carbocycles. The number of rotatable bonds is 6. The molecule has 6 nitrogen and oxygen atoms in total. The standard InChI is InChI=1S/C17H23N3OS.C2HF3O2/c1-21-12-16-15-11-19(10-14-3-2-8-22-14)7-6-17(15)20(18-16)9-13-4-5-13;3-2(4,5)1(6)7/h2-3,8,13H,4-7,9-12H2,1H3;(H,6,7). The molecule has 0 atom stereocenters. The van der Waals surface area contributed by atoms with Gasteiger partial charge in [-0.3, -0.25) is 9.58 Å². The summed E-state index contributed by atoms with van der Waals surface area (Å²) in [5, 5.41) is 14.1. The van der Waals surface area contributed by atoms with E-state index in [2.05, 4.69) is 27.1 Å². The van der Waals surface area contributed by atoms with Gasteiger partial charge in [-0.1, -0.05) is 6.07 Å². The molecule has 0 bridgehead atoms. The highest BCUT2D eigenvalue weighted by molar-refractivity contribution is 7.09. The SMILES string of the molecule is COCc1nn(CC2CC2)c2c1CN(Cc1cccs1)CC2.O=C(O)C(F)(F)F. The molecule has 0 amide bonds. The average Bonchev–Trinajstić information content (AvgIpc) is 3.21. The first-order chi connectivity index (χ1) is 13.8. The number of nitrogens with zero attached hydrogens (tertiary/aromatic N) is 3. The number of carboxylic acid groups (broad SMARTS) is 1. The van der Waals surface area contributed by atoms with Crippen LogP contribution in [0.1, 0.15) is 34.7 Å². The van der Waals surface area contributed by atoms with Crippen molar-refractivity contribution in [3.63, 3.8) is 0 Å². The Hall–Kier alpha value is -1.91. The number of aromatic nitrogens is 2. The van der Waals surface area contributed by atoms with Gasteiger partial charge < -0.3 is 9.84 Å². The number of methoxy groups -OCH3 is 1. The van der Waals surface area contributed by atoms with Crippen molar-refractivity contribution in [2.45, 2.75) is 51.7 Å². The molecule has 2 aliphatic rings. The molecule has 1 N–H and O–H groups in total. The van der Waals surface area contributed by atoms with Gasteiger partial charge in [0.2, 0.25) is 0 Å². The van der Waals surface area contributed by atoms with Gasteiger partial charge in [0, 0.05) is 55.8 Å². The lowest BCUT2D eigenvalue weighted by atomic mass is 10.0. The number of thiophene rings is 1. The molecule has 160 valence electrons. The van der Waals surface area contributed by atoms with Crippen LogP contribution >= 0.6 is 11.3 Å². The second kappa shape index (κ2) is 9.27. The van der Waals surface area contributed by atoms with E-state index in [0.717, 1.165) is 44.2 Å². The summed E-state index contributed by atoms with van der Waals surface area (Å²) in [6.45, 7) is 4.94. The minimum absolute atomic E-state index is 0.632. The maximum absolute atomic E-state index is 10.6. The number of halogens is 3. The zero-order valence-electron chi connectivity index (χ0n) is 16.1. The van der Waals surface area contributed by atoms with Crippen LogP contribution in [0.15, 0.2) is 17.5 Å². The van der Waals surface area contributed by atoms with E-state index in [0.29, 0.717) is 6.61 Å². The summed E-state index contributed by atoms with van der Waals surface area (Å²) in [6.07, 6.45) is -1.22. The monoisotopic (exact) mass is 431 g/mol. The summed E-state index contributed by atoms with van der Waals surface area (Å²) in [5.74, 6) is -1.89. The highest BCUT2D eigenvalue weighted by Gasteiger charge is 2.38. The molecular formula is C19H24F3N3O3S. The van der Waals surface area contributed by atoms with Crippen molar-refractivity contribution in [1.82, 2.24) is 14.7 Å². The van der Waals surface area contributed by atoms with Crippen molar-refractivity contribution in [2.75, 3.05) is 13.7 Å². The van der Waals surface area contributed by atoms with E-state index in [1.807, 2.05) is 11.3 Å². The van der Waals surface area contributed by atoms with E-state index >= 15 is 0 Å². The lowest BCUT2D eigenvalue weighted by Gasteiger charge is -2.27. The van der Waals surface area contributed by atoms with Crippen molar-refractivity contribution in [1.29, 1.82) is 0 Å². The highest BCUT2D eigenvalue weighted by Crippen LogP contribution is 2.33. The normalized spacial score (nSPS) is 16.8. The highest BCUT2D eigenvalue weighted by atomic mass is 32.1. The van der Waals surface area contributed by atoms with Crippen LogP contribution in [0, 0.1) is 5.92 Å². The summed E-state index contributed by atoms with van der Waals surface area (Å²) in [5.41, 5.74) is 4.03. The Bertz CT molecular complexity index is 817. The molecule has 2 aromatic rings. The van der Waals surface area contributed by atoms with Crippen molar-refractivity contribution >= 4 is 17.3 Å². The lowest BCUT2D eigenvalue weighted by Crippen LogP contribution is -2.31. The molecule has 0 radical (unpaired) electrons. The molecule has 0 unspecified atom stereocenters. The Labute approximate surface area is 170 Å². The summed E-state index contributed by atoms with van der Waals surface area (Å²) in [6, 6.07) is 4.37. The van der Waals surface area contributed by atoms with Crippen LogP contribution in [-0.2, 0) is 42.2 Å². The largest absolute Gasteiger partial charge is 0.490 e. The molecule has 0 spiro atoms. The number of hydrogen-bond donors (Lipinski definition) is 1. The second-order valence-electron chi connectivity index (χ2n) is 7.27. The van der Waals surface area contributed by atoms with Gasteiger partial charge in [0.15, 0.2) is 0 Å². The van der Waals surface area contributed by atoms with Gasteiger partial charge in [-0.15, -0.1) is 11.3 Å². The molecule has 0 aromatic carbocycles. The van der Waals surface area contributed by atoms with Gasteiger partial charge in [-0.25, -0.2) is 4.79 Å². The quantitative estimate of drug-likeness (QED) is 0.756. The smallest absolute Gasteiger partial charge is 0.475 e. The maximum Gasteiger partial charge on any atom is 0.490 e. The van der Waals surface area contributed by atoms with Gasteiger partial charge in [0.1, 0.15) is 0 Å². The summed E-state index contributed by atoms with van der Waals surface area (Å²) in [4.78, 5) is 12.9. The molecular weight excluding hydrogens is 407 g/mol. The number of carbonyl (C=O) groups is 1. The van der Waals surface area contributed by atoms with E-state index in [4.69, 9.17) is 19.7 Å². The maximum atomic E-state index is 10.6. The van der Waals surface area contributed by atoms with Gasteiger partial charge >= 0.3 is 12.1 Å². The first-order valence-electron chi connectivity index (χ1n) is 9.39. The number of hydrogen-bond acceptors (Lipinski definition) is 5. The third-order valence-corrected chi connectivity index (χ3v) is 5.77. The predicted octanol–water partition coefficient (Wildman–Crippen LogP) is 3.69. The first-order valence-corrected chi connectivity index (χ1v) is 10.3. The van der Waals surface area contributed by atoms with Crippen LogP contribution in [0.4, 0.5) is 13.2 Å². The topological polar surface area (TPSA) is 67.6 Å². The third-order valence-electron chi connectivity index (χ3n) is 4.91. The first kappa shape index (κ1) is 21.8. The number of ether oxygens (including phenoxy) is 1. The van der Waals surface area contributed by atoms with E-state index < -0.39 is 12.1 Å². The van der Waals surface area contributed by atoms with Gasteiger partial charge in [0.25, 0.3) is 0 Å². The lowest BCUT2D eigenvalue weighted by molar-refractivity contribution is -0.192. The van der Waals surface area contributed by atoms with Crippen LogP contribution in [-0.4, -0.2) is 45.6 Å². The van der Waals surface area contributed by atoms with Crippen LogP contribution in [0.2, 0.25) is 0 Å². The molecule has 1 aliphatic heterocycles. The fourth-order valence-corrected chi connectivity index (χ4v) is 4.07. The summed E-state index contributed by atoms with van der Waals surface area (Å²) in [7, 11) is 1.76. The van der Waals surface area contributed by atoms with Crippen molar-refractivity contribution in [3.8, 4) is 0 Å². The van der Waals surface area contributed by atoms with Gasteiger partial charge in [-0.05, 0) is 30.2 Å². The van der Waals surface area contributed by atoms with E-state index in [1.54, 1.807) is 7.11 Å². The molecule has 3 heterocycles. The van der Waals surface area contributed by atoms with Crippen molar-refractivity contribution < 1.29 is 27.8 Å². The van der Waals surface area contributed by atoms with Crippen molar-refractivity contribution in [2.24, 2.45) is 5.92 Å². The summed E-state index contributed by atoms with van der Waals surface area (Å²) < 4.78 is 39.4. The Balaban J connectivity index is 0.000000298. The minimum atomic E-state index is -5.08. The van der Waals surface area contributed by atoms with Crippen molar-refractivity contribution in [3.05, 3.63) is 39.3 Å². The molecule has 1 aliphatic carbocycles. The second-order valence-corrected chi connectivity index (χ2v) is 8.31. The van der Waals surface area contributed by atoms with E-state index in [9.17, 15) is 13.2 Å². The Morgan fingerprint density at radius 3 is 2.69 bits per heavy atom. The van der Waals surface area contributed by atoms with Gasteiger partial charge in [-0.2, -0.15) is 18.3 Å². The summed E-state index contributed by atoms with van der Waals surface area (Å²) >= 11 is 1.85. The van der Waals surface area contributed by atoms with Crippen LogP contribution in [0.25, 0.3) is 0 Å². The molecule has 4 rings (SSSR count). The minimum Gasteiger partial charge on any atom is -0.475 e. The van der Waals surface area contributed by atoms with Gasteiger partial charge in [0.05, 0.1) is 12.3 Å². The molecule has 29 heavy (non-hydrogen) atoms. The fraction of sp³-hybridized carbons (Fsp3) is 0.579. The number of alkyl halides is 3. The number of carboxylic acids is 1. The predicted molar refractivity (Wildman–Crippen MR) is 101 cm³/mol. The molecule has 0 saturated heterocycles. The van der Waals surface area contributed by atoms with Crippen LogP contribution in [0.5, 0.6) is 0 Å². The molecule has 1 fully saturated rings. The molecule has 2 aromatic heterocycles. The Kier molecular flexibility index (Phi) is 6.97. The zero-order chi connectivity index (χ0) is 21.0. The van der Waals surface area contributed by atoms with Crippen LogP contribution < -0.4 is 0 Å². The average molecular weight is 431 g/mol.